The number of azo groups is 1. The number of hydrogen-bond acceptors (Lipinski definition) is 3. The zero-order valence-corrected chi connectivity index (χ0v) is 6.70. The SMILES string of the molecule is CC1=CC(C)(C([NH])=S)N=N1. The number of hydrogen-bond donors (Lipinski definition) is 0. The second-order valence-electron chi connectivity index (χ2n) is 2.46. The van der Waals surface area contributed by atoms with E-state index in [9.17, 15) is 0 Å². The molecule has 1 N–H and O–H groups in total. The molecule has 1 heterocycles. The molecule has 0 aromatic carbocycles. The van der Waals surface area contributed by atoms with Gasteiger partial charge in [0.2, 0.25) is 0 Å². The first-order valence-electron chi connectivity index (χ1n) is 2.93. The Morgan fingerprint density at radius 1 is 1.80 bits per heavy atom. The van der Waals surface area contributed by atoms with Crippen LogP contribution in [-0.4, -0.2) is 10.5 Å². The van der Waals surface area contributed by atoms with Gasteiger partial charge in [-0.3, -0.25) is 5.73 Å². The van der Waals surface area contributed by atoms with E-state index in [-0.39, 0.29) is 4.99 Å². The fourth-order valence-electron chi connectivity index (χ4n) is 0.758. The van der Waals surface area contributed by atoms with E-state index in [0.29, 0.717) is 0 Å². The third-order valence-corrected chi connectivity index (χ3v) is 1.78. The Morgan fingerprint density at radius 3 is 2.60 bits per heavy atom. The highest BCUT2D eigenvalue weighted by Gasteiger charge is 2.28. The van der Waals surface area contributed by atoms with Gasteiger partial charge in [-0.05, 0) is 19.9 Å². The van der Waals surface area contributed by atoms with Crippen molar-refractivity contribution in [1.82, 2.24) is 5.73 Å². The minimum Gasteiger partial charge on any atom is -0.291 e. The van der Waals surface area contributed by atoms with E-state index in [4.69, 9.17) is 5.73 Å². The van der Waals surface area contributed by atoms with E-state index < -0.39 is 5.54 Å². The van der Waals surface area contributed by atoms with Crippen LogP contribution in [0.4, 0.5) is 0 Å². The van der Waals surface area contributed by atoms with Crippen molar-refractivity contribution in [2.24, 2.45) is 10.2 Å². The molecule has 0 saturated carbocycles. The lowest BCUT2D eigenvalue weighted by atomic mass is 10.0. The van der Waals surface area contributed by atoms with Gasteiger partial charge in [0.15, 0.2) is 5.54 Å². The summed E-state index contributed by atoms with van der Waals surface area (Å²) in [6.07, 6.45) is 1.79. The van der Waals surface area contributed by atoms with E-state index in [1.165, 1.54) is 0 Å². The van der Waals surface area contributed by atoms with Crippen molar-refractivity contribution < 1.29 is 0 Å². The first kappa shape index (κ1) is 7.34. The van der Waals surface area contributed by atoms with Crippen LogP contribution in [0.5, 0.6) is 0 Å². The Balaban J connectivity index is 2.95. The molecule has 1 radical (unpaired) electrons. The van der Waals surface area contributed by atoms with Crippen LogP contribution >= 0.6 is 12.2 Å². The molecule has 0 bridgehead atoms. The second-order valence-corrected chi connectivity index (χ2v) is 2.87. The number of rotatable bonds is 1. The van der Waals surface area contributed by atoms with Gasteiger partial charge in [0.1, 0.15) is 4.99 Å². The zero-order valence-electron chi connectivity index (χ0n) is 5.88. The Bertz CT molecular complexity index is 231. The van der Waals surface area contributed by atoms with Crippen molar-refractivity contribution >= 4 is 17.2 Å². The standard InChI is InChI=1S/C6H8N3S/c1-4-3-6(2,5(7)10)9-8-4/h3,7H,1-2H3. The van der Waals surface area contributed by atoms with E-state index in [1.54, 1.807) is 13.0 Å². The monoisotopic (exact) mass is 154 g/mol. The molecule has 1 aliphatic heterocycles. The number of nitrogens with one attached hydrogen (secondary N) is 1. The highest BCUT2D eigenvalue weighted by Crippen LogP contribution is 2.23. The molecule has 0 aromatic rings. The van der Waals surface area contributed by atoms with Gasteiger partial charge in [-0.1, -0.05) is 12.2 Å². The van der Waals surface area contributed by atoms with Crippen molar-refractivity contribution in [3.63, 3.8) is 0 Å². The van der Waals surface area contributed by atoms with E-state index in [1.807, 2.05) is 6.92 Å². The summed E-state index contributed by atoms with van der Waals surface area (Å²) in [6, 6.07) is 0. The zero-order chi connectivity index (χ0) is 7.78. The first-order valence-corrected chi connectivity index (χ1v) is 3.34. The van der Waals surface area contributed by atoms with Gasteiger partial charge in [-0.25, -0.2) is 0 Å². The van der Waals surface area contributed by atoms with Crippen LogP contribution in [0.15, 0.2) is 22.0 Å². The molecule has 0 amide bonds. The molecular formula is C6H8N3S. The Hall–Kier alpha value is -0.770. The minimum absolute atomic E-state index is 0.119. The number of thiocarbonyl (C=S) groups is 1. The van der Waals surface area contributed by atoms with Gasteiger partial charge in [-0.2, -0.15) is 10.2 Å². The van der Waals surface area contributed by atoms with Crippen LogP contribution in [0.1, 0.15) is 13.8 Å². The van der Waals surface area contributed by atoms with Crippen LogP contribution in [0.2, 0.25) is 0 Å². The largest absolute Gasteiger partial charge is 0.291 e. The summed E-state index contributed by atoms with van der Waals surface area (Å²) in [5.74, 6) is 0. The lowest BCUT2D eigenvalue weighted by molar-refractivity contribution is 0.766. The third-order valence-electron chi connectivity index (χ3n) is 1.37. The lowest BCUT2D eigenvalue weighted by Crippen LogP contribution is -2.28. The molecular weight excluding hydrogens is 146 g/mol. The van der Waals surface area contributed by atoms with E-state index in [0.717, 1.165) is 5.70 Å². The molecule has 0 aliphatic carbocycles. The predicted octanol–water partition coefficient (Wildman–Crippen LogP) is 1.73. The smallest absolute Gasteiger partial charge is 0.151 e. The molecule has 4 heteroatoms. The van der Waals surface area contributed by atoms with Crippen LogP contribution in [0, 0.1) is 0 Å². The summed E-state index contributed by atoms with van der Waals surface area (Å²) < 4.78 is 0. The molecule has 0 saturated heterocycles. The molecule has 3 nitrogen and oxygen atoms in total. The molecule has 1 aliphatic rings. The normalized spacial score (nSPS) is 30.4. The summed E-state index contributed by atoms with van der Waals surface area (Å²) in [5, 5.41) is 7.64. The van der Waals surface area contributed by atoms with Gasteiger partial charge in [0.25, 0.3) is 0 Å². The molecule has 1 atom stereocenters. The van der Waals surface area contributed by atoms with Crippen LogP contribution in [-0.2, 0) is 0 Å². The van der Waals surface area contributed by atoms with Crippen LogP contribution in [0.3, 0.4) is 0 Å². The summed E-state index contributed by atoms with van der Waals surface area (Å²) in [4.78, 5) is 0.119. The van der Waals surface area contributed by atoms with Gasteiger partial charge in [0.05, 0.1) is 5.70 Å². The number of allylic oxidation sites excluding steroid dienone is 1. The summed E-state index contributed by atoms with van der Waals surface area (Å²) in [6.45, 7) is 3.62. The topological polar surface area (TPSA) is 48.5 Å². The number of nitrogens with zero attached hydrogens (tertiary/aromatic N) is 2. The van der Waals surface area contributed by atoms with Gasteiger partial charge < -0.3 is 0 Å². The minimum atomic E-state index is -0.639. The molecule has 0 aromatic heterocycles. The maximum Gasteiger partial charge on any atom is 0.151 e. The Labute approximate surface area is 65.0 Å². The van der Waals surface area contributed by atoms with Crippen molar-refractivity contribution in [3.05, 3.63) is 11.8 Å². The van der Waals surface area contributed by atoms with Gasteiger partial charge >= 0.3 is 0 Å². The van der Waals surface area contributed by atoms with Crippen molar-refractivity contribution in [2.75, 3.05) is 0 Å². The van der Waals surface area contributed by atoms with Crippen molar-refractivity contribution in [2.45, 2.75) is 19.4 Å². The van der Waals surface area contributed by atoms with E-state index in [2.05, 4.69) is 22.4 Å². The molecule has 53 valence electrons. The first-order chi connectivity index (χ1) is 4.54. The van der Waals surface area contributed by atoms with Gasteiger partial charge in [-0.15, -0.1) is 0 Å². The molecule has 0 fully saturated rings. The highest BCUT2D eigenvalue weighted by molar-refractivity contribution is 7.80. The molecule has 1 unspecified atom stereocenters. The fraction of sp³-hybridized carbons (Fsp3) is 0.500. The van der Waals surface area contributed by atoms with E-state index >= 15 is 0 Å². The highest BCUT2D eigenvalue weighted by atomic mass is 32.1. The van der Waals surface area contributed by atoms with Crippen LogP contribution in [0.25, 0.3) is 0 Å². The summed E-state index contributed by atoms with van der Waals surface area (Å²) in [5.41, 5.74) is 7.39. The van der Waals surface area contributed by atoms with Crippen molar-refractivity contribution in [3.8, 4) is 0 Å². The summed E-state index contributed by atoms with van der Waals surface area (Å²) >= 11 is 4.69. The quantitative estimate of drug-likeness (QED) is 0.530. The Kier molecular flexibility index (Phi) is 1.56. The Morgan fingerprint density at radius 2 is 2.40 bits per heavy atom. The van der Waals surface area contributed by atoms with Gasteiger partial charge in [0, 0.05) is 0 Å². The maximum absolute atomic E-state index is 7.19. The molecule has 1 rings (SSSR count). The summed E-state index contributed by atoms with van der Waals surface area (Å²) in [7, 11) is 0. The van der Waals surface area contributed by atoms with Crippen molar-refractivity contribution in [1.29, 1.82) is 0 Å². The third kappa shape index (κ3) is 1.07. The lowest BCUT2D eigenvalue weighted by Gasteiger charge is -2.11. The fourth-order valence-corrected chi connectivity index (χ4v) is 0.858. The average molecular weight is 154 g/mol. The second kappa shape index (κ2) is 2.12. The maximum atomic E-state index is 7.19. The molecule has 10 heavy (non-hydrogen) atoms. The average Bonchev–Trinajstić information content (AvgIpc) is 2.13. The van der Waals surface area contributed by atoms with Crippen LogP contribution < -0.4 is 5.73 Å². The predicted molar refractivity (Wildman–Crippen MR) is 42.7 cm³/mol. The molecule has 0 spiro atoms.